The van der Waals surface area contributed by atoms with Gasteiger partial charge in [0, 0.05) is 0 Å². The Bertz CT molecular complexity index is 139. The SMILES string of the molecule is CC(N=C(N)NN)C1CC1. The zero-order chi connectivity index (χ0) is 7.56. The van der Waals surface area contributed by atoms with Crippen molar-refractivity contribution >= 4 is 5.96 Å². The van der Waals surface area contributed by atoms with Crippen molar-refractivity contribution in [1.29, 1.82) is 0 Å². The van der Waals surface area contributed by atoms with Crippen molar-refractivity contribution in [3.05, 3.63) is 0 Å². The summed E-state index contributed by atoms with van der Waals surface area (Å²) < 4.78 is 0. The highest BCUT2D eigenvalue weighted by atomic mass is 15.3. The van der Waals surface area contributed by atoms with Crippen LogP contribution in [0.25, 0.3) is 0 Å². The van der Waals surface area contributed by atoms with Gasteiger partial charge in [-0.05, 0) is 25.7 Å². The molecular weight excluding hydrogens is 128 g/mol. The van der Waals surface area contributed by atoms with Crippen molar-refractivity contribution in [2.45, 2.75) is 25.8 Å². The molecule has 0 saturated heterocycles. The number of nitrogens with one attached hydrogen (secondary N) is 1. The first-order chi connectivity index (χ1) is 4.74. The average molecular weight is 142 g/mol. The topological polar surface area (TPSA) is 76.4 Å². The van der Waals surface area contributed by atoms with Gasteiger partial charge in [-0.3, -0.25) is 5.43 Å². The van der Waals surface area contributed by atoms with Crippen LogP contribution < -0.4 is 17.0 Å². The Morgan fingerprint density at radius 2 is 2.30 bits per heavy atom. The summed E-state index contributed by atoms with van der Waals surface area (Å²) >= 11 is 0. The minimum absolute atomic E-state index is 0.330. The lowest BCUT2D eigenvalue weighted by Gasteiger charge is -2.04. The molecule has 0 aromatic heterocycles. The van der Waals surface area contributed by atoms with Crippen LogP contribution in [0.15, 0.2) is 4.99 Å². The minimum Gasteiger partial charge on any atom is -0.369 e. The molecule has 4 nitrogen and oxygen atoms in total. The van der Waals surface area contributed by atoms with Gasteiger partial charge in [0.15, 0.2) is 0 Å². The van der Waals surface area contributed by atoms with Gasteiger partial charge in [-0.15, -0.1) is 0 Å². The van der Waals surface area contributed by atoms with Gasteiger partial charge in [0.1, 0.15) is 0 Å². The van der Waals surface area contributed by atoms with Crippen LogP contribution in [0.4, 0.5) is 0 Å². The molecule has 0 aromatic carbocycles. The van der Waals surface area contributed by atoms with E-state index >= 15 is 0 Å². The number of aliphatic imine (C=N–C) groups is 1. The Kier molecular flexibility index (Phi) is 2.11. The predicted octanol–water partition coefficient (Wildman–Crippen LogP) is -0.437. The second-order valence-electron chi connectivity index (χ2n) is 2.74. The number of nitrogens with zero attached hydrogens (tertiary/aromatic N) is 1. The van der Waals surface area contributed by atoms with Crippen LogP contribution >= 0.6 is 0 Å². The summed E-state index contributed by atoms with van der Waals surface area (Å²) in [6.45, 7) is 2.06. The molecule has 0 amide bonds. The zero-order valence-corrected chi connectivity index (χ0v) is 6.17. The maximum Gasteiger partial charge on any atom is 0.203 e. The molecule has 1 fully saturated rings. The molecule has 0 spiro atoms. The molecular formula is C6H14N4. The van der Waals surface area contributed by atoms with Crippen LogP contribution in [0.3, 0.4) is 0 Å². The molecule has 0 bridgehead atoms. The summed E-state index contributed by atoms with van der Waals surface area (Å²) in [7, 11) is 0. The Hall–Kier alpha value is -0.770. The van der Waals surface area contributed by atoms with E-state index in [9.17, 15) is 0 Å². The second-order valence-corrected chi connectivity index (χ2v) is 2.74. The molecule has 1 saturated carbocycles. The van der Waals surface area contributed by atoms with Gasteiger partial charge >= 0.3 is 0 Å². The Balaban J connectivity index is 2.33. The Morgan fingerprint density at radius 1 is 1.70 bits per heavy atom. The molecule has 0 radical (unpaired) electrons. The molecule has 1 atom stereocenters. The van der Waals surface area contributed by atoms with Crippen molar-refractivity contribution in [3.63, 3.8) is 0 Å². The number of guanidine groups is 1. The minimum atomic E-state index is 0.330. The lowest BCUT2D eigenvalue weighted by Crippen LogP contribution is -2.38. The first-order valence-electron chi connectivity index (χ1n) is 3.54. The molecule has 1 aliphatic rings. The average Bonchev–Trinajstić information content (AvgIpc) is 2.68. The Morgan fingerprint density at radius 3 is 2.70 bits per heavy atom. The number of nitrogens with two attached hydrogens (primary N) is 2. The highest BCUT2D eigenvalue weighted by Gasteiger charge is 2.27. The highest BCUT2D eigenvalue weighted by Crippen LogP contribution is 2.33. The van der Waals surface area contributed by atoms with Gasteiger partial charge in [-0.2, -0.15) is 0 Å². The standard InChI is InChI=1S/C6H14N4/c1-4(5-2-3-5)9-6(7)10-8/h4-5H,2-3,8H2,1H3,(H3,7,9,10). The maximum atomic E-state index is 5.35. The lowest BCUT2D eigenvalue weighted by molar-refractivity contribution is 0.647. The summed E-state index contributed by atoms with van der Waals surface area (Å²) in [6.07, 6.45) is 2.56. The summed E-state index contributed by atoms with van der Waals surface area (Å²) in [5.41, 5.74) is 7.66. The molecule has 0 aromatic rings. The molecule has 1 rings (SSSR count). The summed E-state index contributed by atoms with van der Waals surface area (Å²) in [4.78, 5) is 4.12. The fourth-order valence-corrected chi connectivity index (χ4v) is 0.941. The second kappa shape index (κ2) is 2.88. The van der Waals surface area contributed by atoms with E-state index in [1.807, 2.05) is 0 Å². The van der Waals surface area contributed by atoms with Gasteiger partial charge in [0.05, 0.1) is 6.04 Å². The van der Waals surface area contributed by atoms with Crippen LogP contribution in [-0.4, -0.2) is 12.0 Å². The van der Waals surface area contributed by atoms with E-state index in [2.05, 4.69) is 17.3 Å². The quantitative estimate of drug-likeness (QED) is 0.212. The normalized spacial score (nSPS) is 22.4. The van der Waals surface area contributed by atoms with Crippen LogP contribution in [0.2, 0.25) is 0 Å². The van der Waals surface area contributed by atoms with Crippen LogP contribution in [-0.2, 0) is 0 Å². The van der Waals surface area contributed by atoms with E-state index in [0.29, 0.717) is 12.0 Å². The van der Waals surface area contributed by atoms with E-state index in [1.54, 1.807) is 0 Å². The van der Waals surface area contributed by atoms with Gasteiger partial charge < -0.3 is 5.73 Å². The van der Waals surface area contributed by atoms with Crippen molar-refractivity contribution in [2.75, 3.05) is 0 Å². The summed E-state index contributed by atoms with van der Waals surface area (Å²) in [5, 5.41) is 0. The Labute approximate surface area is 60.7 Å². The van der Waals surface area contributed by atoms with Gasteiger partial charge in [-0.1, -0.05) is 0 Å². The molecule has 0 heterocycles. The van der Waals surface area contributed by atoms with Crippen LogP contribution in [0.1, 0.15) is 19.8 Å². The monoisotopic (exact) mass is 142 g/mol. The number of hydrogen-bond acceptors (Lipinski definition) is 2. The smallest absolute Gasteiger partial charge is 0.203 e. The maximum absolute atomic E-state index is 5.35. The lowest BCUT2D eigenvalue weighted by atomic mass is 10.2. The van der Waals surface area contributed by atoms with Crippen molar-refractivity contribution in [3.8, 4) is 0 Å². The van der Waals surface area contributed by atoms with Gasteiger partial charge in [-0.25, -0.2) is 10.8 Å². The van der Waals surface area contributed by atoms with Gasteiger partial charge in [0.2, 0.25) is 5.96 Å². The van der Waals surface area contributed by atoms with Crippen LogP contribution in [0, 0.1) is 5.92 Å². The van der Waals surface area contributed by atoms with E-state index < -0.39 is 0 Å². The largest absolute Gasteiger partial charge is 0.369 e. The van der Waals surface area contributed by atoms with E-state index in [-0.39, 0.29) is 0 Å². The third-order valence-electron chi connectivity index (χ3n) is 1.79. The number of rotatable bonds is 2. The first kappa shape index (κ1) is 7.34. The predicted molar refractivity (Wildman–Crippen MR) is 41.1 cm³/mol. The zero-order valence-electron chi connectivity index (χ0n) is 6.17. The van der Waals surface area contributed by atoms with E-state index in [4.69, 9.17) is 11.6 Å². The number of hydrogen-bond donors (Lipinski definition) is 3. The summed E-state index contributed by atoms with van der Waals surface area (Å²) in [5.74, 6) is 6.11. The third-order valence-corrected chi connectivity index (χ3v) is 1.79. The van der Waals surface area contributed by atoms with E-state index in [1.165, 1.54) is 12.8 Å². The molecule has 10 heavy (non-hydrogen) atoms. The van der Waals surface area contributed by atoms with Crippen molar-refractivity contribution in [1.82, 2.24) is 5.43 Å². The number of hydrazine groups is 1. The molecule has 1 aliphatic carbocycles. The molecule has 1 unspecified atom stereocenters. The van der Waals surface area contributed by atoms with Gasteiger partial charge in [0.25, 0.3) is 0 Å². The molecule has 0 aliphatic heterocycles. The van der Waals surface area contributed by atoms with E-state index in [0.717, 1.165) is 5.92 Å². The van der Waals surface area contributed by atoms with Crippen LogP contribution in [0.5, 0.6) is 0 Å². The fourth-order valence-electron chi connectivity index (χ4n) is 0.941. The van der Waals surface area contributed by atoms with Crippen molar-refractivity contribution < 1.29 is 0 Å². The molecule has 4 heteroatoms. The first-order valence-corrected chi connectivity index (χ1v) is 3.54. The molecule has 58 valence electrons. The highest BCUT2D eigenvalue weighted by molar-refractivity contribution is 5.77. The summed E-state index contributed by atoms with van der Waals surface area (Å²) in [6, 6.07) is 0.330. The third kappa shape index (κ3) is 1.88. The van der Waals surface area contributed by atoms with Crippen molar-refractivity contribution in [2.24, 2.45) is 22.5 Å². The fraction of sp³-hybridized carbons (Fsp3) is 0.833. The molecule has 5 N–H and O–H groups in total.